The summed E-state index contributed by atoms with van der Waals surface area (Å²) in [5, 5.41) is 2.59. The van der Waals surface area contributed by atoms with Crippen LogP contribution in [0.2, 0.25) is 0 Å². The quantitative estimate of drug-likeness (QED) is 0.481. The summed E-state index contributed by atoms with van der Waals surface area (Å²) < 4.78 is 23.7. The van der Waals surface area contributed by atoms with Gasteiger partial charge in [-0.1, -0.05) is 24.3 Å². The molecule has 0 saturated carbocycles. The first-order valence-electron chi connectivity index (χ1n) is 10.4. The highest BCUT2D eigenvalue weighted by molar-refractivity contribution is 7.11. The number of rotatable bonds is 7. The van der Waals surface area contributed by atoms with E-state index >= 15 is 0 Å². The van der Waals surface area contributed by atoms with Crippen molar-refractivity contribution < 1.29 is 23.6 Å². The number of nitrogens with zero attached hydrogens (tertiary/aromatic N) is 1. The van der Waals surface area contributed by atoms with Crippen LogP contribution in [-0.2, 0) is 25.3 Å². The molecule has 6 nitrogen and oxygen atoms in total. The normalized spacial score (nSPS) is 25.6. The van der Waals surface area contributed by atoms with Gasteiger partial charge in [0.05, 0.1) is 23.5 Å². The standard InChI is InChI=1S/C21H32BNO5S/c1-7-16-13-29-18(23-16)26-14-21(17(24)25-8-2)11-9-15(10-12-21)22-27-19(3,4)20(5,6)28-22/h9,13H,7-8,10-12,14H2,1-6H3. The van der Waals surface area contributed by atoms with Crippen molar-refractivity contribution in [3.8, 4) is 5.19 Å². The maximum atomic E-state index is 12.8. The summed E-state index contributed by atoms with van der Waals surface area (Å²) in [5.41, 5.74) is 0.632. The molecule has 1 saturated heterocycles. The molecule has 160 valence electrons. The van der Waals surface area contributed by atoms with E-state index in [0.29, 0.717) is 31.1 Å². The van der Waals surface area contributed by atoms with Crippen LogP contribution in [-0.4, -0.2) is 42.5 Å². The van der Waals surface area contributed by atoms with Crippen LogP contribution in [0.15, 0.2) is 16.9 Å². The van der Waals surface area contributed by atoms with E-state index in [-0.39, 0.29) is 30.9 Å². The van der Waals surface area contributed by atoms with Gasteiger partial charge in [-0.2, -0.15) is 0 Å². The number of thiazole rings is 1. The van der Waals surface area contributed by atoms with E-state index < -0.39 is 5.41 Å². The van der Waals surface area contributed by atoms with Gasteiger partial charge in [-0.05, 0) is 65.8 Å². The smallest absolute Gasteiger partial charge is 0.469 e. The topological polar surface area (TPSA) is 66.9 Å². The van der Waals surface area contributed by atoms with Crippen molar-refractivity contribution in [3.63, 3.8) is 0 Å². The summed E-state index contributed by atoms with van der Waals surface area (Å²) in [5.74, 6) is -0.212. The average molecular weight is 421 g/mol. The van der Waals surface area contributed by atoms with Gasteiger partial charge in [0.2, 0.25) is 0 Å². The van der Waals surface area contributed by atoms with Gasteiger partial charge < -0.3 is 18.8 Å². The number of hydrogen-bond donors (Lipinski definition) is 0. The number of aryl methyl sites for hydroxylation is 1. The number of aromatic nitrogens is 1. The molecule has 1 unspecified atom stereocenters. The number of allylic oxidation sites excluding steroid dienone is 2. The number of carbonyl (C=O) groups excluding carboxylic acids is 1. The van der Waals surface area contributed by atoms with Gasteiger partial charge in [-0.3, -0.25) is 4.79 Å². The predicted molar refractivity (Wildman–Crippen MR) is 114 cm³/mol. The molecule has 1 aliphatic carbocycles. The molecule has 0 bridgehead atoms. The molecule has 1 aliphatic heterocycles. The third-order valence-electron chi connectivity index (χ3n) is 6.28. The molecule has 29 heavy (non-hydrogen) atoms. The largest absolute Gasteiger partial charge is 0.490 e. The monoisotopic (exact) mass is 421 g/mol. The first kappa shape index (κ1) is 22.3. The summed E-state index contributed by atoms with van der Waals surface area (Å²) in [6.45, 7) is 12.7. The van der Waals surface area contributed by atoms with Gasteiger partial charge in [-0.15, -0.1) is 0 Å². The Morgan fingerprint density at radius 1 is 1.24 bits per heavy atom. The minimum absolute atomic E-state index is 0.212. The zero-order valence-corrected chi connectivity index (χ0v) is 19.2. The van der Waals surface area contributed by atoms with Crippen LogP contribution in [0.4, 0.5) is 0 Å². The highest BCUT2D eigenvalue weighted by Gasteiger charge is 2.53. The van der Waals surface area contributed by atoms with Gasteiger partial charge in [0.25, 0.3) is 5.19 Å². The summed E-state index contributed by atoms with van der Waals surface area (Å²) in [4.78, 5) is 17.3. The van der Waals surface area contributed by atoms with E-state index in [1.165, 1.54) is 11.3 Å². The molecule has 1 atom stereocenters. The summed E-state index contributed by atoms with van der Waals surface area (Å²) in [7, 11) is -0.368. The van der Waals surface area contributed by atoms with Crippen molar-refractivity contribution in [2.45, 2.75) is 78.4 Å². The van der Waals surface area contributed by atoms with Crippen molar-refractivity contribution >= 4 is 24.4 Å². The van der Waals surface area contributed by atoms with Crippen molar-refractivity contribution in [2.24, 2.45) is 5.41 Å². The Balaban J connectivity index is 1.73. The zero-order chi connectivity index (χ0) is 21.3. The van der Waals surface area contributed by atoms with Gasteiger partial charge in [0, 0.05) is 5.38 Å². The molecular weight excluding hydrogens is 389 g/mol. The Morgan fingerprint density at radius 2 is 1.93 bits per heavy atom. The fraction of sp³-hybridized carbons (Fsp3) is 0.714. The van der Waals surface area contributed by atoms with E-state index in [0.717, 1.165) is 17.6 Å². The Bertz CT molecular complexity index is 759. The second kappa shape index (κ2) is 8.40. The molecule has 0 spiro atoms. The third-order valence-corrected chi connectivity index (χ3v) is 7.08. The number of esters is 1. The average Bonchev–Trinajstić information content (AvgIpc) is 3.22. The molecule has 0 aromatic carbocycles. The molecule has 1 aromatic rings. The predicted octanol–water partition coefficient (Wildman–Crippen LogP) is 4.38. The molecular formula is C21H32BNO5S. The first-order valence-corrected chi connectivity index (χ1v) is 11.3. The van der Waals surface area contributed by atoms with Crippen molar-refractivity contribution in [1.29, 1.82) is 0 Å². The van der Waals surface area contributed by atoms with Crippen LogP contribution >= 0.6 is 11.3 Å². The zero-order valence-electron chi connectivity index (χ0n) is 18.4. The Hall–Kier alpha value is -1.38. The maximum absolute atomic E-state index is 12.8. The lowest BCUT2D eigenvalue weighted by molar-refractivity contribution is -0.158. The summed E-state index contributed by atoms with van der Waals surface area (Å²) in [6, 6.07) is 0. The lowest BCUT2D eigenvalue weighted by atomic mass is 9.66. The highest BCUT2D eigenvalue weighted by atomic mass is 32.1. The number of ether oxygens (including phenoxy) is 2. The van der Waals surface area contributed by atoms with Crippen molar-refractivity contribution in [2.75, 3.05) is 13.2 Å². The Kier molecular flexibility index (Phi) is 6.46. The molecule has 3 rings (SSSR count). The van der Waals surface area contributed by atoms with Gasteiger partial charge in [-0.25, -0.2) is 4.98 Å². The fourth-order valence-corrected chi connectivity index (χ4v) is 4.25. The van der Waals surface area contributed by atoms with Crippen LogP contribution in [0.25, 0.3) is 0 Å². The van der Waals surface area contributed by atoms with E-state index in [9.17, 15) is 4.79 Å². The van der Waals surface area contributed by atoms with E-state index in [4.69, 9.17) is 18.8 Å². The minimum Gasteiger partial charge on any atom is -0.469 e. The fourth-order valence-electron chi connectivity index (χ4n) is 3.50. The maximum Gasteiger partial charge on any atom is 0.490 e. The Labute approximate surface area is 178 Å². The first-order chi connectivity index (χ1) is 13.6. The van der Waals surface area contributed by atoms with Gasteiger partial charge in [0.1, 0.15) is 12.0 Å². The van der Waals surface area contributed by atoms with Crippen molar-refractivity contribution in [3.05, 3.63) is 22.6 Å². The molecule has 2 aliphatic rings. The molecule has 8 heteroatoms. The molecule has 2 heterocycles. The van der Waals surface area contributed by atoms with Crippen LogP contribution < -0.4 is 4.74 Å². The number of carbonyl (C=O) groups is 1. The molecule has 0 amide bonds. The van der Waals surface area contributed by atoms with Crippen LogP contribution in [0.3, 0.4) is 0 Å². The second-order valence-electron chi connectivity index (χ2n) is 8.82. The Morgan fingerprint density at radius 3 is 2.45 bits per heavy atom. The second-order valence-corrected chi connectivity index (χ2v) is 9.64. The number of hydrogen-bond acceptors (Lipinski definition) is 7. The van der Waals surface area contributed by atoms with Gasteiger partial charge >= 0.3 is 13.1 Å². The van der Waals surface area contributed by atoms with Crippen LogP contribution in [0.1, 0.15) is 66.5 Å². The highest BCUT2D eigenvalue weighted by Crippen LogP contribution is 2.43. The van der Waals surface area contributed by atoms with E-state index in [1.807, 2.05) is 40.0 Å². The van der Waals surface area contributed by atoms with E-state index in [2.05, 4.69) is 18.0 Å². The molecule has 0 N–H and O–H groups in total. The van der Waals surface area contributed by atoms with Crippen LogP contribution in [0.5, 0.6) is 5.19 Å². The minimum atomic E-state index is -0.707. The third kappa shape index (κ3) is 4.54. The lowest BCUT2D eigenvalue weighted by Crippen LogP contribution is -2.41. The summed E-state index contributed by atoms with van der Waals surface area (Å²) >= 11 is 1.47. The van der Waals surface area contributed by atoms with E-state index in [1.54, 1.807) is 0 Å². The summed E-state index contributed by atoms with van der Waals surface area (Å²) in [6.07, 6.45) is 4.82. The van der Waals surface area contributed by atoms with Gasteiger partial charge in [0.15, 0.2) is 0 Å². The molecule has 1 aromatic heterocycles. The van der Waals surface area contributed by atoms with Crippen LogP contribution in [0, 0.1) is 5.41 Å². The SMILES string of the molecule is CCOC(=O)C1(COc2nc(CC)cs2)CC=C(B2OC(C)(C)C(C)(C)O2)CC1. The molecule has 0 radical (unpaired) electrons. The van der Waals surface area contributed by atoms with Crippen molar-refractivity contribution in [1.82, 2.24) is 4.98 Å². The lowest BCUT2D eigenvalue weighted by Gasteiger charge is -2.34. The molecule has 1 fully saturated rings.